The zero-order valence-corrected chi connectivity index (χ0v) is 35.5. The fourth-order valence-corrected chi connectivity index (χ4v) is 10.5. The van der Waals surface area contributed by atoms with E-state index in [2.05, 4.69) is 217 Å². The standard InChI is InChI=1S/C62H41N3/c1-3-16-41(17-4-1)57-39-58(64-62(63-57)42-18-5-2-6-19-42)47-22-13-21-46(35-47)49-26-14-27-54-50-23-9-10-24-51(50)56-37-44(31-34-55(56)61(49)54)45-30-33-53-52-25-11-12-28-59(52)65(60(53)38-45)48-32-29-40-15-7-8-20-43(40)36-48/h1-39,52,59H. The van der Waals surface area contributed by atoms with Gasteiger partial charge in [-0.25, -0.2) is 9.97 Å². The van der Waals surface area contributed by atoms with Gasteiger partial charge in [-0.2, -0.15) is 0 Å². The highest BCUT2D eigenvalue weighted by molar-refractivity contribution is 6.29. The van der Waals surface area contributed by atoms with Crippen LogP contribution in [0.1, 0.15) is 11.5 Å². The Kier molecular flexibility index (Phi) is 8.67. The highest BCUT2D eigenvalue weighted by Crippen LogP contribution is 2.50. The minimum Gasteiger partial charge on any atom is -0.333 e. The minimum atomic E-state index is 0.224. The van der Waals surface area contributed by atoms with Crippen LogP contribution in [0.15, 0.2) is 237 Å². The number of fused-ring (bicyclic) bond motifs is 10. The second-order valence-electron chi connectivity index (χ2n) is 17.3. The van der Waals surface area contributed by atoms with Crippen molar-refractivity contribution in [1.29, 1.82) is 0 Å². The molecule has 3 heteroatoms. The first kappa shape index (κ1) is 37.2. The summed E-state index contributed by atoms with van der Waals surface area (Å²) in [5, 5.41) is 10.0. The van der Waals surface area contributed by atoms with Crippen LogP contribution in [0.3, 0.4) is 0 Å². The Hall–Kier alpha value is -8.40. The van der Waals surface area contributed by atoms with Crippen molar-refractivity contribution in [2.75, 3.05) is 4.90 Å². The van der Waals surface area contributed by atoms with Gasteiger partial charge in [-0.1, -0.05) is 200 Å². The maximum Gasteiger partial charge on any atom is 0.160 e. The monoisotopic (exact) mass is 827 g/mol. The summed E-state index contributed by atoms with van der Waals surface area (Å²) in [6, 6.07) is 77.3. The molecule has 0 spiro atoms. The predicted octanol–water partition coefficient (Wildman–Crippen LogP) is 16.2. The van der Waals surface area contributed by atoms with Gasteiger partial charge in [0.25, 0.3) is 0 Å². The topological polar surface area (TPSA) is 29.0 Å². The molecule has 2 heterocycles. The predicted molar refractivity (Wildman–Crippen MR) is 273 cm³/mol. The summed E-state index contributed by atoms with van der Waals surface area (Å²) in [6.45, 7) is 0. The van der Waals surface area contributed by atoms with Gasteiger partial charge in [0, 0.05) is 34.0 Å². The van der Waals surface area contributed by atoms with Gasteiger partial charge >= 0.3 is 0 Å². The molecule has 10 aromatic carbocycles. The minimum absolute atomic E-state index is 0.224. The van der Waals surface area contributed by atoms with Crippen LogP contribution < -0.4 is 4.90 Å². The van der Waals surface area contributed by atoms with Crippen molar-refractivity contribution in [3.05, 3.63) is 242 Å². The van der Waals surface area contributed by atoms with E-state index in [-0.39, 0.29) is 6.04 Å². The number of rotatable bonds is 6. The molecule has 3 nitrogen and oxygen atoms in total. The lowest BCUT2D eigenvalue weighted by atomic mass is 9.87. The van der Waals surface area contributed by atoms with E-state index in [1.807, 2.05) is 24.3 Å². The average molecular weight is 828 g/mol. The zero-order valence-electron chi connectivity index (χ0n) is 35.5. The number of allylic oxidation sites excluding steroid dienone is 2. The van der Waals surface area contributed by atoms with Crippen molar-refractivity contribution in [1.82, 2.24) is 9.97 Å². The lowest BCUT2D eigenvalue weighted by molar-refractivity contribution is 0.745. The zero-order chi connectivity index (χ0) is 42.8. The van der Waals surface area contributed by atoms with Crippen molar-refractivity contribution < 1.29 is 0 Å². The van der Waals surface area contributed by atoms with E-state index in [1.54, 1.807) is 0 Å². The van der Waals surface area contributed by atoms with Gasteiger partial charge in [0.15, 0.2) is 5.82 Å². The van der Waals surface area contributed by atoms with Crippen molar-refractivity contribution in [3.63, 3.8) is 0 Å². The summed E-state index contributed by atoms with van der Waals surface area (Å²) in [5.41, 5.74) is 13.5. The van der Waals surface area contributed by atoms with E-state index in [0.717, 1.165) is 33.6 Å². The van der Waals surface area contributed by atoms with E-state index in [1.165, 1.54) is 76.7 Å². The molecule has 11 aromatic rings. The summed E-state index contributed by atoms with van der Waals surface area (Å²) >= 11 is 0. The van der Waals surface area contributed by atoms with Gasteiger partial charge in [0.2, 0.25) is 0 Å². The molecule has 2 atom stereocenters. The fourth-order valence-electron chi connectivity index (χ4n) is 10.5. The molecule has 0 amide bonds. The van der Waals surface area contributed by atoms with Crippen LogP contribution in [0.4, 0.5) is 11.4 Å². The molecule has 65 heavy (non-hydrogen) atoms. The average Bonchev–Trinajstić information content (AvgIpc) is 3.72. The highest BCUT2D eigenvalue weighted by atomic mass is 15.2. The second kappa shape index (κ2) is 15.1. The molecule has 0 bridgehead atoms. The lowest BCUT2D eigenvalue weighted by Crippen LogP contribution is -2.28. The first-order valence-corrected chi connectivity index (χ1v) is 22.5. The van der Waals surface area contributed by atoms with Gasteiger partial charge in [-0.05, 0) is 107 Å². The van der Waals surface area contributed by atoms with Crippen LogP contribution in [-0.4, -0.2) is 16.0 Å². The van der Waals surface area contributed by atoms with E-state index in [9.17, 15) is 0 Å². The summed E-state index contributed by atoms with van der Waals surface area (Å²) in [7, 11) is 0. The van der Waals surface area contributed by atoms with E-state index in [0.29, 0.717) is 11.7 Å². The van der Waals surface area contributed by atoms with Crippen molar-refractivity contribution in [2.45, 2.75) is 12.0 Å². The molecule has 0 radical (unpaired) electrons. The highest BCUT2D eigenvalue weighted by Gasteiger charge is 2.37. The number of aromatic nitrogens is 2. The van der Waals surface area contributed by atoms with Crippen LogP contribution in [0.5, 0.6) is 0 Å². The van der Waals surface area contributed by atoms with Crippen molar-refractivity contribution in [2.24, 2.45) is 0 Å². The van der Waals surface area contributed by atoms with Crippen LogP contribution in [0, 0.1) is 0 Å². The fraction of sp³-hybridized carbons (Fsp3) is 0.0323. The van der Waals surface area contributed by atoms with Gasteiger partial charge in [0.05, 0.1) is 17.4 Å². The van der Waals surface area contributed by atoms with E-state index >= 15 is 0 Å². The SMILES string of the molecule is C1=CC2c3ccc(-c4ccc5c(c4)c4ccccc4c4cccc(-c6cccc(-c7cc(-c8ccccc8)nc(-c8ccccc8)n7)c6)c45)cc3N(c3ccc4ccccc4c3)C2C=C1. The molecule has 2 unspecified atom stereocenters. The molecular formula is C62H41N3. The molecule has 304 valence electrons. The van der Waals surface area contributed by atoms with Crippen molar-refractivity contribution >= 4 is 54.5 Å². The molecule has 13 rings (SSSR count). The van der Waals surface area contributed by atoms with Crippen LogP contribution >= 0.6 is 0 Å². The molecule has 0 N–H and O–H groups in total. The quantitative estimate of drug-likeness (QED) is 0.156. The first-order valence-electron chi connectivity index (χ1n) is 22.5. The smallest absolute Gasteiger partial charge is 0.160 e. The Morgan fingerprint density at radius 3 is 1.85 bits per heavy atom. The molecule has 0 fully saturated rings. The van der Waals surface area contributed by atoms with Gasteiger partial charge in [0.1, 0.15) is 0 Å². The summed E-state index contributed by atoms with van der Waals surface area (Å²) in [4.78, 5) is 12.8. The van der Waals surface area contributed by atoms with Gasteiger partial charge < -0.3 is 4.90 Å². The third kappa shape index (κ3) is 6.27. The largest absolute Gasteiger partial charge is 0.333 e. The van der Waals surface area contributed by atoms with E-state index in [4.69, 9.17) is 9.97 Å². The Balaban J connectivity index is 0.956. The normalized spacial score (nSPS) is 15.2. The Morgan fingerprint density at radius 2 is 1.00 bits per heavy atom. The summed E-state index contributed by atoms with van der Waals surface area (Å²) in [6.07, 6.45) is 9.12. The Bertz CT molecular complexity index is 3680. The third-order valence-electron chi connectivity index (χ3n) is 13.6. The number of anilines is 2. The summed E-state index contributed by atoms with van der Waals surface area (Å²) in [5.74, 6) is 1.01. The first-order chi connectivity index (χ1) is 32.2. The molecule has 2 aliphatic rings. The van der Waals surface area contributed by atoms with Gasteiger partial charge in [-0.15, -0.1) is 0 Å². The molecule has 0 saturated carbocycles. The maximum atomic E-state index is 5.18. The van der Waals surface area contributed by atoms with Gasteiger partial charge in [-0.3, -0.25) is 0 Å². The number of hydrogen-bond acceptors (Lipinski definition) is 3. The van der Waals surface area contributed by atoms with Crippen LogP contribution in [0.2, 0.25) is 0 Å². The molecule has 0 saturated heterocycles. The Labute approximate surface area is 377 Å². The van der Waals surface area contributed by atoms with Crippen molar-refractivity contribution in [3.8, 4) is 56.2 Å². The van der Waals surface area contributed by atoms with E-state index < -0.39 is 0 Å². The number of benzene rings is 10. The molecular weight excluding hydrogens is 787 g/mol. The summed E-state index contributed by atoms with van der Waals surface area (Å²) < 4.78 is 0. The lowest BCUT2D eigenvalue weighted by Gasteiger charge is -2.29. The molecule has 1 aliphatic heterocycles. The Morgan fingerprint density at radius 1 is 0.369 bits per heavy atom. The van der Waals surface area contributed by atoms with Crippen LogP contribution in [-0.2, 0) is 0 Å². The number of nitrogens with zero attached hydrogens (tertiary/aromatic N) is 3. The second-order valence-corrected chi connectivity index (χ2v) is 17.3. The third-order valence-corrected chi connectivity index (χ3v) is 13.6. The number of hydrogen-bond donors (Lipinski definition) is 0. The van der Waals surface area contributed by atoms with Crippen LogP contribution in [0.25, 0.3) is 99.2 Å². The molecule has 1 aliphatic carbocycles. The maximum absolute atomic E-state index is 5.18. The molecule has 1 aromatic heterocycles.